The van der Waals surface area contributed by atoms with Gasteiger partial charge in [0.1, 0.15) is 0 Å². The molecule has 0 aliphatic heterocycles. The van der Waals surface area contributed by atoms with Gasteiger partial charge in [-0.15, -0.1) is 0 Å². The van der Waals surface area contributed by atoms with Crippen molar-refractivity contribution >= 4 is 5.91 Å². The van der Waals surface area contributed by atoms with Crippen LogP contribution in [-0.4, -0.2) is 20.1 Å². The molecule has 1 N–H and O–H groups in total. The molecule has 0 aromatic heterocycles. The van der Waals surface area contributed by atoms with Crippen LogP contribution in [-0.2, 0) is 0 Å². The first-order valence-corrected chi connectivity index (χ1v) is 8.22. The molecule has 0 saturated heterocycles. The van der Waals surface area contributed by atoms with Gasteiger partial charge in [0.25, 0.3) is 5.91 Å². The molecule has 0 bridgehead atoms. The summed E-state index contributed by atoms with van der Waals surface area (Å²) in [6.45, 7) is 2.07. The zero-order valence-corrected chi connectivity index (χ0v) is 14.3. The summed E-state index contributed by atoms with van der Waals surface area (Å²) in [5.41, 5.74) is 2.96. The number of amides is 1. The number of aryl methyl sites for hydroxylation is 1. The van der Waals surface area contributed by atoms with Crippen LogP contribution in [0.5, 0.6) is 11.5 Å². The van der Waals surface area contributed by atoms with Gasteiger partial charge in [-0.25, -0.2) is 0 Å². The minimum atomic E-state index is -0.0894. The second kappa shape index (κ2) is 6.95. The first kappa shape index (κ1) is 16.4. The van der Waals surface area contributed by atoms with Crippen molar-refractivity contribution in [2.24, 2.45) is 5.92 Å². The van der Waals surface area contributed by atoms with E-state index in [9.17, 15) is 4.79 Å². The second-order valence-corrected chi connectivity index (χ2v) is 6.27. The lowest BCUT2D eigenvalue weighted by molar-refractivity contribution is 0.0931. The van der Waals surface area contributed by atoms with Crippen LogP contribution in [0.3, 0.4) is 0 Å². The molecule has 1 aliphatic carbocycles. The molecule has 1 amide bonds. The number of benzene rings is 2. The van der Waals surface area contributed by atoms with Gasteiger partial charge in [-0.1, -0.05) is 29.8 Å². The van der Waals surface area contributed by atoms with Crippen LogP contribution in [0.1, 0.15) is 40.4 Å². The van der Waals surface area contributed by atoms with Crippen molar-refractivity contribution in [3.05, 3.63) is 59.2 Å². The summed E-state index contributed by atoms with van der Waals surface area (Å²) in [5, 5.41) is 3.18. The predicted octanol–water partition coefficient (Wildman–Crippen LogP) is 3.89. The molecule has 24 heavy (non-hydrogen) atoms. The average Bonchev–Trinajstić information content (AvgIpc) is 3.44. The molecule has 2 aromatic carbocycles. The summed E-state index contributed by atoms with van der Waals surface area (Å²) in [6, 6.07) is 13.7. The van der Waals surface area contributed by atoms with Crippen molar-refractivity contribution in [1.29, 1.82) is 0 Å². The van der Waals surface area contributed by atoms with Gasteiger partial charge in [-0.2, -0.15) is 0 Å². The smallest absolute Gasteiger partial charge is 0.251 e. The molecular formula is C20H23NO3. The van der Waals surface area contributed by atoms with Crippen molar-refractivity contribution in [3.63, 3.8) is 0 Å². The Morgan fingerprint density at radius 2 is 1.71 bits per heavy atom. The number of ether oxygens (including phenoxy) is 2. The van der Waals surface area contributed by atoms with E-state index in [0.29, 0.717) is 23.0 Å². The molecule has 1 unspecified atom stereocenters. The summed E-state index contributed by atoms with van der Waals surface area (Å²) < 4.78 is 10.5. The molecule has 1 aliphatic rings. The van der Waals surface area contributed by atoms with E-state index < -0.39 is 0 Å². The number of rotatable bonds is 6. The van der Waals surface area contributed by atoms with Crippen LogP contribution in [0, 0.1) is 12.8 Å². The molecule has 4 heteroatoms. The highest BCUT2D eigenvalue weighted by Crippen LogP contribution is 2.41. The van der Waals surface area contributed by atoms with Crippen LogP contribution in [0.15, 0.2) is 42.5 Å². The standard InChI is InChI=1S/C20H23NO3/c1-13-4-6-14(7-5-13)19(15-8-9-15)21-20(22)16-10-11-17(23-2)18(12-16)24-3/h4-7,10-12,15,19H,8-9H2,1-3H3,(H,21,22). The Balaban J connectivity index is 1.80. The number of carbonyl (C=O) groups excluding carboxylic acids is 1. The molecular weight excluding hydrogens is 302 g/mol. The minimum Gasteiger partial charge on any atom is -0.493 e. The van der Waals surface area contributed by atoms with Crippen molar-refractivity contribution in [2.45, 2.75) is 25.8 Å². The van der Waals surface area contributed by atoms with Crippen LogP contribution in [0.2, 0.25) is 0 Å². The molecule has 0 radical (unpaired) electrons. The number of carbonyl (C=O) groups is 1. The summed E-state index contributed by atoms with van der Waals surface area (Å²) >= 11 is 0. The van der Waals surface area contributed by atoms with Crippen LogP contribution in [0.4, 0.5) is 0 Å². The van der Waals surface area contributed by atoms with Crippen molar-refractivity contribution in [1.82, 2.24) is 5.32 Å². The van der Waals surface area contributed by atoms with Gasteiger partial charge in [-0.05, 0) is 49.4 Å². The van der Waals surface area contributed by atoms with E-state index in [2.05, 4.69) is 36.5 Å². The normalized spacial score (nSPS) is 14.8. The molecule has 4 nitrogen and oxygen atoms in total. The number of methoxy groups -OCH3 is 2. The Morgan fingerprint density at radius 3 is 2.29 bits per heavy atom. The zero-order chi connectivity index (χ0) is 17.1. The highest BCUT2D eigenvalue weighted by molar-refractivity contribution is 5.95. The van der Waals surface area contributed by atoms with E-state index in [4.69, 9.17) is 9.47 Å². The number of nitrogens with one attached hydrogen (secondary N) is 1. The maximum Gasteiger partial charge on any atom is 0.251 e. The Morgan fingerprint density at radius 1 is 1.04 bits per heavy atom. The monoisotopic (exact) mass is 325 g/mol. The molecule has 126 valence electrons. The Bertz CT molecular complexity index is 720. The van der Waals surface area contributed by atoms with Crippen LogP contribution < -0.4 is 14.8 Å². The van der Waals surface area contributed by atoms with Gasteiger partial charge >= 0.3 is 0 Å². The summed E-state index contributed by atoms with van der Waals surface area (Å²) in [6.07, 6.45) is 2.31. The first-order chi connectivity index (χ1) is 11.6. The molecule has 2 aromatic rings. The van der Waals surface area contributed by atoms with Gasteiger partial charge in [0.15, 0.2) is 11.5 Å². The molecule has 3 rings (SSSR count). The lowest BCUT2D eigenvalue weighted by Crippen LogP contribution is -2.29. The quantitative estimate of drug-likeness (QED) is 0.876. The third-order valence-corrected chi connectivity index (χ3v) is 4.46. The fraction of sp³-hybridized carbons (Fsp3) is 0.350. The van der Waals surface area contributed by atoms with Gasteiger partial charge in [0, 0.05) is 5.56 Å². The van der Waals surface area contributed by atoms with Crippen molar-refractivity contribution in [3.8, 4) is 11.5 Å². The zero-order valence-electron chi connectivity index (χ0n) is 14.3. The van der Waals surface area contributed by atoms with E-state index in [1.165, 1.54) is 5.56 Å². The van der Waals surface area contributed by atoms with Crippen molar-refractivity contribution < 1.29 is 14.3 Å². The lowest BCUT2D eigenvalue weighted by atomic mass is 10.0. The molecule has 1 fully saturated rings. The average molecular weight is 325 g/mol. The summed E-state index contributed by atoms with van der Waals surface area (Å²) in [5.74, 6) is 1.61. The minimum absolute atomic E-state index is 0.0613. The molecule has 0 spiro atoms. The van der Waals surface area contributed by atoms with E-state index in [0.717, 1.165) is 18.4 Å². The van der Waals surface area contributed by atoms with Gasteiger partial charge < -0.3 is 14.8 Å². The van der Waals surface area contributed by atoms with E-state index in [-0.39, 0.29) is 11.9 Å². The maximum atomic E-state index is 12.7. The number of hydrogen-bond donors (Lipinski definition) is 1. The van der Waals surface area contributed by atoms with Crippen molar-refractivity contribution in [2.75, 3.05) is 14.2 Å². The highest BCUT2D eigenvalue weighted by Gasteiger charge is 2.33. The topological polar surface area (TPSA) is 47.6 Å². The van der Waals surface area contributed by atoms with Crippen LogP contribution in [0.25, 0.3) is 0 Å². The van der Waals surface area contributed by atoms with Gasteiger partial charge in [-0.3, -0.25) is 4.79 Å². The molecule has 0 heterocycles. The highest BCUT2D eigenvalue weighted by atomic mass is 16.5. The Kier molecular flexibility index (Phi) is 4.74. The van der Waals surface area contributed by atoms with Gasteiger partial charge in [0.05, 0.1) is 20.3 Å². The van der Waals surface area contributed by atoms with E-state index in [1.807, 2.05) is 0 Å². The SMILES string of the molecule is COc1ccc(C(=O)NC(c2ccc(C)cc2)C2CC2)cc1OC. The third kappa shape index (κ3) is 3.53. The fourth-order valence-electron chi connectivity index (χ4n) is 2.88. The second-order valence-electron chi connectivity index (χ2n) is 6.27. The lowest BCUT2D eigenvalue weighted by Gasteiger charge is -2.19. The summed E-state index contributed by atoms with van der Waals surface area (Å²) in [4.78, 5) is 12.7. The third-order valence-electron chi connectivity index (χ3n) is 4.46. The van der Waals surface area contributed by atoms with E-state index >= 15 is 0 Å². The first-order valence-electron chi connectivity index (χ1n) is 8.22. The Hall–Kier alpha value is -2.49. The van der Waals surface area contributed by atoms with E-state index in [1.54, 1.807) is 32.4 Å². The summed E-state index contributed by atoms with van der Waals surface area (Å²) in [7, 11) is 3.15. The molecule has 1 saturated carbocycles. The van der Waals surface area contributed by atoms with Crippen LogP contribution >= 0.6 is 0 Å². The Labute approximate surface area is 142 Å². The largest absolute Gasteiger partial charge is 0.493 e. The maximum absolute atomic E-state index is 12.7. The fourth-order valence-corrected chi connectivity index (χ4v) is 2.88. The van der Waals surface area contributed by atoms with Gasteiger partial charge in [0.2, 0.25) is 0 Å². The molecule has 1 atom stereocenters. The predicted molar refractivity (Wildman–Crippen MR) is 93.7 cm³/mol. The number of hydrogen-bond acceptors (Lipinski definition) is 3.